The largest absolute Gasteiger partial charge is 0.350 e. The summed E-state index contributed by atoms with van der Waals surface area (Å²) in [5, 5.41) is 5.88. The summed E-state index contributed by atoms with van der Waals surface area (Å²) in [5.74, 6) is -0.243. The Morgan fingerprint density at radius 1 is 1.10 bits per heavy atom. The van der Waals surface area contributed by atoms with Crippen LogP contribution in [0.15, 0.2) is 73.3 Å². The maximum absolute atomic E-state index is 12.6. The third-order valence-corrected chi connectivity index (χ3v) is 4.65. The van der Waals surface area contributed by atoms with Crippen molar-refractivity contribution in [2.45, 2.75) is 38.8 Å². The zero-order valence-corrected chi connectivity index (χ0v) is 16.5. The molecule has 6 nitrogen and oxygen atoms in total. The standard InChI is InChI=1S/C23H26N4O2/c1-18(10-11-19-6-3-2-4-7-19)25-23(29)20-8-5-9-21(16-20)26-22(28)12-14-27-15-13-24-17-27/h2-9,13,15-18H,10-12,14H2,1H3,(H,25,29)(H,26,28). The summed E-state index contributed by atoms with van der Waals surface area (Å²) in [6, 6.07) is 17.3. The molecule has 1 atom stereocenters. The molecule has 3 aromatic rings. The van der Waals surface area contributed by atoms with Crippen molar-refractivity contribution in [3.8, 4) is 0 Å². The molecule has 1 heterocycles. The van der Waals surface area contributed by atoms with E-state index in [4.69, 9.17) is 0 Å². The summed E-state index contributed by atoms with van der Waals surface area (Å²) in [6.45, 7) is 2.56. The summed E-state index contributed by atoms with van der Waals surface area (Å²) in [4.78, 5) is 28.6. The summed E-state index contributed by atoms with van der Waals surface area (Å²) in [5.41, 5.74) is 2.41. The van der Waals surface area contributed by atoms with E-state index in [2.05, 4.69) is 27.8 Å². The van der Waals surface area contributed by atoms with Gasteiger partial charge < -0.3 is 15.2 Å². The van der Waals surface area contributed by atoms with E-state index in [0.717, 1.165) is 12.8 Å². The number of benzene rings is 2. The maximum atomic E-state index is 12.6. The fourth-order valence-electron chi connectivity index (χ4n) is 3.02. The van der Waals surface area contributed by atoms with E-state index < -0.39 is 0 Å². The number of carbonyl (C=O) groups is 2. The Labute approximate surface area is 171 Å². The summed E-state index contributed by atoms with van der Waals surface area (Å²) in [6.07, 6.45) is 7.29. The van der Waals surface area contributed by atoms with Gasteiger partial charge in [-0.05, 0) is 43.5 Å². The highest BCUT2D eigenvalue weighted by Gasteiger charge is 2.11. The van der Waals surface area contributed by atoms with Crippen molar-refractivity contribution < 1.29 is 9.59 Å². The Bertz CT molecular complexity index is 923. The molecule has 0 aliphatic carbocycles. The molecule has 29 heavy (non-hydrogen) atoms. The molecule has 2 amide bonds. The van der Waals surface area contributed by atoms with Gasteiger partial charge in [0.15, 0.2) is 0 Å². The lowest BCUT2D eigenvalue weighted by Gasteiger charge is -2.14. The summed E-state index contributed by atoms with van der Waals surface area (Å²) in [7, 11) is 0. The van der Waals surface area contributed by atoms with Gasteiger partial charge in [-0.1, -0.05) is 36.4 Å². The number of hydrogen-bond acceptors (Lipinski definition) is 3. The van der Waals surface area contributed by atoms with Gasteiger partial charge in [-0.2, -0.15) is 0 Å². The van der Waals surface area contributed by atoms with Crippen LogP contribution in [0.3, 0.4) is 0 Å². The lowest BCUT2D eigenvalue weighted by atomic mass is 10.1. The second kappa shape index (κ2) is 10.2. The van der Waals surface area contributed by atoms with Crippen LogP contribution in [-0.4, -0.2) is 27.4 Å². The van der Waals surface area contributed by atoms with Crippen molar-refractivity contribution in [3.63, 3.8) is 0 Å². The molecule has 0 saturated carbocycles. The van der Waals surface area contributed by atoms with Crippen LogP contribution >= 0.6 is 0 Å². The third kappa shape index (κ3) is 6.60. The maximum Gasteiger partial charge on any atom is 0.251 e. The summed E-state index contributed by atoms with van der Waals surface area (Å²) < 4.78 is 1.85. The van der Waals surface area contributed by atoms with E-state index >= 15 is 0 Å². The molecule has 0 spiro atoms. The number of rotatable bonds is 9. The van der Waals surface area contributed by atoms with Gasteiger partial charge in [0.25, 0.3) is 5.91 Å². The molecule has 1 aromatic heterocycles. The average molecular weight is 390 g/mol. The van der Waals surface area contributed by atoms with Crippen LogP contribution in [-0.2, 0) is 17.8 Å². The van der Waals surface area contributed by atoms with Crippen LogP contribution in [0.1, 0.15) is 35.7 Å². The van der Waals surface area contributed by atoms with Crippen LogP contribution in [0.25, 0.3) is 0 Å². The van der Waals surface area contributed by atoms with Crippen LogP contribution < -0.4 is 10.6 Å². The molecule has 2 N–H and O–H groups in total. The molecule has 0 bridgehead atoms. The number of nitrogens with zero attached hydrogens (tertiary/aromatic N) is 2. The van der Waals surface area contributed by atoms with Crippen molar-refractivity contribution in [1.82, 2.24) is 14.9 Å². The lowest BCUT2D eigenvalue weighted by Crippen LogP contribution is -2.32. The van der Waals surface area contributed by atoms with Gasteiger partial charge in [-0.25, -0.2) is 4.98 Å². The predicted octanol–water partition coefficient (Wildman–Crippen LogP) is 3.66. The van der Waals surface area contributed by atoms with E-state index in [9.17, 15) is 9.59 Å². The monoisotopic (exact) mass is 390 g/mol. The molecule has 6 heteroatoms. The smallest absolute Gasteiger partial charge is 0.251 e. The molecule has 0 aliphatic rings. The molecule has 0 radical (unpaired) electrons. The molecule has 0 aliphatic heterocycles. The van der Waals surface area contributed by atoms with E-state index in [1.165, 1.54) is 5.56 Å². The molecule has 0 saturated heterocycles. The van der Waals surface area contributed by atoms with Gasteiger partial charge in [-0.3, -0.25) is 9.59 Å². The Morgan fingerprint density at radius 3 is 2.69 bits per heavy atom. The van der Waals surface area contributed by atoms with Gasteiger partial charge in [0, 0.05) is 42.7 Å². The number of amides is 2. The molecular formula is C23H26N4O2. The van der Waals surface area contributed by atoms with Gasteiger partial charge in [0.05, 0.1) is 6.33 Å². The van der Waals surface area contributed by atoms with Gasteiger partial charge in [0.1, 0.15) is 0 Å². The van der Waals surface area contributed by atoms with E-state index in [0.29, 0.717) is 24.2 Å². The number of hydrogen-bond donors (Lipinski definition) is 2. The van der Waals surface area contributed by atoms with Crippen molar-refractivity contribution in [2.24, 2.45) is 0 Å². The number of aromatic nitrogens is 2. The first-order valence-corrected chi connectivity index (χ1v) is 9.80. The highest BCUT2D eigenvalue weighted by atomic mass is 16.2. The van der Waals surface area contributed by atoms with Gasteiger partial charge in [0.2, 0.25) is 5.91 Å². The Balaban J connectivity index is 1.48. The second-order valence-corrected chi connectivity index (χ2v) is 7.08. The van der Waals surface area contributed by atoms with E-state index in [-0.39, 0.29) is 17.9 Å². The van der Waals surface area contributed by atoms with E-state index in [1.54, 1.807) is 36.8 Å². The minimum absolute atomic E-state index is 0.0520. The van der Waals surface area contributed by atoms with E-state index in [1.807, 2.05) is 35.9 Å². The fourth-order valence-corrected chi connectivity index (χ4v) is 3.02. The highest BCUT2D eigenvalue weighted by Crippen LogP contribution is 2.12. The second-order valence-electron chi connectivity index (χ2n) is 7.08. The van der Waals surface area contributed by atoms with Crippen LogP contribution in [0.2, 0.25) is 0 Å². The minimum Gasteiger partial charge on any atom is -0.350 e. The number of anilines is 1. The number of nitrogens with one attached hydrogen (secondary N) is 2. The van der Waals surface area contributed by atoms with Gasteiger partial charge >= 0.3 is 0 Å². The molecule has 0 fully saturated rings. The van der Waals surface area contributed by atoms with Crippen molar-refractivity contribution in [3.05, 3.63) is 84.4 Å². The molecule has 2 aromatic carbocycles. The molecule has 3 rings (SSSR count). The van der Waals surface area contributed by atoms with Gasteiger partial charge in [-0.15, -0.1) is 0 Å². The first-order valence-electron chi connectivity index (χ1n) is 9.80. The Hall–Kier alpha value is -3.41. The number of carbonyl (C=O) groups excluding carboxylic acids is 2. The lowest BCUT2D eigenvalue weighted by molar-refractivity contribution is -0.116. The topological polar surface area (TPSA) is 76.0 Å². The molecule has 1 unspecified atom stereocenters. The average Bonchev–Trinajstić information content (AvgIpc) is 3.25. The fraction of sp³-hybridized carbons (Fsp3) is 0.261. The van der Waals surface area contributed by atoms with Crippen LogP contribution in [0, 0.1) is 0 Å². The molecule has 150 valence electrons. The van der Waals surface area contributed by atoms with Crippen molar-refractivity contribution >= 4 is 17.5 Å². The predicted molar refractivity (Wildman–Crippen MR) is 114 cm³/mol. The van der Waals surface area contributed by atoms with Crippen molar-refractivity contribution in [1.29, 1.82) is 0 Å². The quantitative estimate of drug-likeness (QED) is 0.585. The third-order valence-electron chi connectivity index (χ3n) is 4.65. The SMILES string of the molecule is CC(CCc1ccccc1)NC(=O)c1cccc(NC(=O)CCn2ccnc2)c1. The molecular weight excluding hydrogens is 364 g/mol. The first-order chi connectivity index (χ1) is 14.1. The highest BCUT2D eigenvalue weighted by molar-refractivity contribution is 5.97. The zero-order valence-electron chi connectivity index (χ0n) is 16.5. The number of imidazole rings is 1. The minimum atomic E-state index is -0.139. The zero-order chi connectivity index (χ0) is 20.5. The Kier molecular flexibility index (Phi) is 7.16. The Morgan fingerprint density at radius 2 is 1.93 bits per heavy atom. The van der Waals surface area contributed by atoms with Crippen LogP contribution in [0.4, 0.5) is 5.69 Å². The van der Waals surface area contributed by atoms with Crippen LogP contribution in [0.5, 0.6) is 0 Å². The summed E-state index contributed by atoms with van der Waals surface area (Å²) >= 11 is 0. The normalized spacial score (nSPS) is 11.6. The van der Waals surface area contributed by atoms with Crippen molar-refractivity contribution in [2.75, 3.05) is 5.32 Å². The number of aryl methyl sites for hydroxylation is 2. The first kappa shape index (κ1) is 20.3.